The maximum atomic E-state index is 13.6. The summed E-state index contributed by atoms with van der Waals surface area (Å²) in [7, 11) is 0. The third-order valence-corrected chi connectivity index (χ3v) is 3.25. The topological polar surface area (TPSA) is 67.2 Å². The molecule has 1 heterocycles. The van der Waals surface area contributed by atoms with E-state index in [0.29, 0.717) is 12.5 Å². The Morgan fingerprint density at radius 3 is 2.63 bits per heavy atom. The number of nitro groups is 1. The van der Waals surface area contributed by atoms with Gasteiger partial charge < -0.3 is 10.6 Å². The first-order chi connectivity index (χ1) is 9.08. The van der Waals surface area contributed by atoms with E-state index in [1.54, 1.807) is 0 Å². The minimum absolute atomic E-state index is 0.295. The van der Waals surface area contributed by atoms with Crippen LogP contribution >= 0.6 is 0 Å². The van der Waals surface area contributed by atoms with Crippen LogP contribution in [0.1, 0.15) is 12.8 Å². The Kier molecular flexibility index (Phi) is 4.26. The summed E-state index contributed by atoms with van der Waals surface area (Å²) in [6.07, 6.45) is 1.87. The van der Waals surface area contributed by atoms with Crippen molar-refractivity contribution in [2.24, 2.45) is 5.92 Å². The van der Waals surface area contributed by atoms with E-state index in [9.17, 15) is 18.9 Å². The van der Waals surface area contributed by atoms with Crippen LogP contribution in [0.5, 0.6) is 0 Å². The van der Waals surface area contributed by atoms with Gasteiger partial charge in [-0.3, -0.25) is 10.1 Å². The lowest BCUT2D eigenvalue weighted by Gasteiger charge is -2.11. The number of halogens is 2. The smallest absolute Gasteiger partial charge is 0.275 e. The van der Waals surface area contributed by atoms with Gasteiger partial charge in [0.25, 0.3) is 5.69 Å². The molecule has 0 spiro atoms. The predicted molar refractivity (Wildman–Crippen MR) is 67.1 cm³/mol. The van der Waals surface area contributed by atoms with E-state index in [-0.39, 0.29) is 5.69 Å². The average molecular weight is 271 g/mol. The Morgan fingerprint density at radius 1 is 1.42 bits per heavy atom. The Morgan fingerprint density at radius 2 is 2.11 bits per heavy atom. The van der Waals surface area contributed by atoms with E-state index in [1.807, 2.05) is 0 Å². The zero-order valence-electron chi connectivity index (χ0n) is 10.3. The van der Waals surface area contributed by atoms with Gasteiger partial charge in [-0.05, 0) is 31.8 Å². The molecule has 5 nitrogen and oxygen atoms in total. The third-order valence-electron chi connectivity index (χ3n) is 3.25. The van der Waals surface area contributed by atoms with Gasteiger partial charge in [0.1, 0.15) is 5.69 Å². The molecule has 1 aromatic rings. The number of nitrogens with one attached hydrogen (secondary N) is 2. The summed E-state index contributed by atoms with van der Waals surface area (Å²) in [5, 5.41) is 16.3. The van der Waals surface area contributed by atoms with Crippen molar-refractivity contribution in [1.29, 1.82) is 0 Å². The van der Waals surface area contributed by atoms with Crippen molar-refractivity contribution in [1.82, 2.24) is 5.32 Å². The van der Waals surface area contributed by atoms with Crippen molar-refractivity contribution in [2.75, 3.05) is 25.0 Å². The minimum atomic E-state index is -0.934. The van der Waals surface area contributed by atoms with Crippen LogP contribution in [0, 0.1) is 27.7 Å². The van der Waals surface area contributed by atoms with Crippen LogP contribution in [0.3, 0.4) is 0 Å². The molecule has 7 heteroatoms. The third kappa shape index (κ3) is 3.37. The molecule has 1 aliphatic heterocycles. The Bertz CT molecular complexity index is 453. The highest BCUT2D eigenvalue weighted by molar-refractivity contribution is 5.51. The average Bonchev–Trinajstić information content (AvgIpc) is 2.85. The molecule has 0 radical (unpaired) electrons. The van der Waals surface area contributed by atoms with Crippen LogP contribution in [0.4, 0.5) is 20.2 Å². The zero-order chi connectivity index (χ0) is 13.8. The lowest BCUT2D eigenvalue weighted by molar-refractivity contribution is -0.385. The lowest BCUT2D eigenvalue weighted by atomic mass is 10.1. The molecule has 19 heavy (non-hydrogen) atoms. The van der Waals surface area contributed by atoms with Crippen molar-refractivity contribution in [2.45, 2.75) is 12.8 Å². The fraction of sp³-hybridized carbons (Fsp3) is 0.500. The van der Waals surface area contributed by atoms with Crippen molar-refractivity contribution in [3.05, 3.63) is 33.9 Å². The van der Waals surface area contributed by atoms with E-state index < -0.39 is 22.2 Å². The highest BCUT2D eigenvalue weighted by Crippen LogP contribution is 2.25. The molecule has 0 saturated carbocycles. The molecule has 1 aliphatic rings. The summed E-state index contributed by atoms with van der Waals surface area (Å²) in [5.41, 5.74) is -0.878. The van der Waals surface area contributed by atoms with Crippen molar-refractivity contribution in [3.63, 3.8) is 0 Å². The first-order valence-corrected chi connectivity index (χ1v) is 6.16. The maximum Gasteiger partial charge on any atom is 0.275 e. The first kappa shape index (κ1) is 13.7. The Labute approximate surface area is 109 Å². The summed E-state index contributed by atoms with van der Waals surface area (Å²) < 4.78 is 27.1. The van der Waals surface area contributed by atoms with Crippen LogP contribution in [-0.4, -0.2) is 24.6 Å². The fourth-order valence-electron chi connectivity index (χ4n) is 2.20. The SMILES string of the molecule is O=[N+]([O-])c1cc(F)c(NCCC2CCNC2)c(F)c1. The highest BCUT2D eigenvalue weighted by Gasteiger charge is 2.18. The van der Waals surface area contributed by atoms with Crippen LogP contribution in [0.25, 0.3) is 0 Å². The molecule has 1 atom stereocenters. The van der Waals surface area contributed by atoms with Gasteiger partial charge in [0.2, 0.25) is 0 Å². The molecular formula is C12H15F2N3O2. The largest absolute Gasteiger partial charge is 0.380 e. The number of hydrogen-bond donors (Lipinski definition) is 2. The standard InChI is InChI=1S/C12H15F2N3O2/c13-10-5-9(17(18)19)6-11(14)12(10)16-4-2-8-1-3-15-7-8/h5-6,8,15-16H,1-4,7H2. The summed E-state index contributed by atoms with van der Waals surface area (Å²) in [6.45, 7) is 2.34. The summed E-state index contributed by atoms with van der Waals surface area (Å²) in [6, 6.07) is 1.45. The van der Waals surface area contributed by atoms with Crippen LogP contribution < -0.4 is 10.6 Å². The van der Waals surface area contributed by atoms with Gasteiger partial charge in [0, 0.05) is 6.54 Å². The molecule has 0 aliphatic carbocycles. The van der Waals surface area contributed by atoms with Crippen molar-refractivity contribution >= 4 is 11.4 Å². The monoisotopic (exact) mass is 271 g/mol. The van der Waals surface area contributed by atoms with Gasteiger partial charge in [-0.2, -0.15) is 0 Å². The molecule has 104 valence electrons. The van der Waals surface area contributed by atoms with Gasteiger partial charge >= 0.3 is 0 Å². The second-order valence-electron chi connectivity index (χ2n) is 4.62. The zero-order valence-corrected chi connectivity index (χ0v) is 10.3. The second-order valence-corrected chi connectivity index (χ2v) is 4.62. The highest BCUT2D eigenvalue weighted by atomic mass is 19.1. The molecule has 0 bridgehead atoms. The molecule has 0 amide bonds. The van der Waals surface area contributed by atoms with Crippen molar-refractivity contribution < 1.29 is 13.7 Å². The van der Waals surface area contributed by atoms with E-state index in [1.165, 1.54) is 0 Å². The molecule has 2 N–H and O–H groups in total. The molecule has 1 saturated heterocycles. The number of benzene rings is 1. The predicted octanol–water partition coefficient (Wildman–Crippen LogP) is 2.28. The molecule has 1 aromatic carbocycles. The van der Waals surface area contributed by atoms with E-state index in [0.717, 1.165) is 38.1 Å². The summed E-state index contributed by atoms with van der Waals surface area (Å²) >= 11 is 0. The molecule has 0 aromatic heterocycles. The van der Waals surface area contributed by atoms with Gasteiger partial charge in [-0.15, -0.1) is 0 Å². The summed E-state index contributed by atoms with van der Waals surface area (Å²) in [5.74, 6) is -1.36. The van der Waals surface area contributed by atoms with E-state index in [2.05, 4.69) is 10.6 Å². The summed E-state index contributed by atoms with van der Waals surface area (Å²) in [4.78, 5) is 9.63. The van der Waals surface area contributed by atoms with Gasteiger partial charge in [-0.1, -0.05) is 0 Å². The Balaban J connectivity index is 1.97. The number of nitrogens with zero attached hydrogens (tertiary/aromatic N) is 1. The van der Waals surface area contributed by atoms with Crippen LogP contribution in [0.2, 0.25) is 0 Å². The van der Waals surface area contributed by atoms with Gasteiger partial charge in [0.15, 0.2) is 11.6 Å². The number of hydrogen-bond acceptors (Lipinski definition) is 4. The van der Waals surface area contributed by atoms with Crippen LogP contribution in [-0.2, 0) is 0 Å². The van der Waals surface area contributed by atoms with Gasteiger partial charge in [-0.25, -0.2) is 8.78 Å². The lowest BCUT2D eigenvalue weighted by Crippen LogP contribution is -2.14. The number of anilines is 1. The number of rotatable bonds is 5. The normalized spacial score (nSPS) is 18.5. The minimum Gasteiger partial charge on any atom is -0.380 e. The fourth-order valence-corrected chi connectivity index (χ4v) is 2.20. The van der Waals surface area contributed by atoms with Crippen molar-refractivity contribution in [3.8, 4) is 0 Å². The van der Waals surface area contributed by atoms with E-state index in [4.69, 9.17) is 0 Å². The Hall–Kier alpha value is -1.76. The molecule has 1 fully saturated rings. The molecule has 1 unspecified atom stereocenters. The quantitative estimate of drug-likeness (QED) is 0.637. The van der Waals surface area contributed by atoms with Crippen LogP contribution in [0.15, 0.2) is 12.1 Å². The molecular weight excluding hydrogens is 256 g/mol. The number of non-ortho nitro benzene ring substituents is 1. The first-order valence-electron chi connectivity index (χ1n) is 6.16. The second kappa shape index (κ2) is 5.92. The maximum absolute atomic E-state index is 13.6. The van der Waals surface area contributed by atoms with E-state index >= 15 is 0 Å². The van der Waals surface area contributed by atoms with Gasteiger partial charge in [0.05, 0.1) is 17.1 Å². The molecule has 2 rings (SSSR count). The number of nitro benzene ring substituents is 1.